The van der Waals surface area contributed by atoms with Crippen LogP contribution in [0.5, 0.6) is 0 Å². The van der Waals surface area contributed by atoms with Gasteiger partial charge in [0.2, 0.25) is 0 Å². The van der Waals surface area contributed by atoms with Gasteiger partial charge < -0.3 is 5.32 Å². The van der Waals surface area contributed by atoms with E-state index in [9.17, 15) is 0 Å². The third-order valence-corrected chi connectivity index (χ3v) is 3.34. The Kier molecular flexibility index (Phi) is 4.43. The summed E-state index contributed by atoms with van der Waals surface area (Å²) >= 11 is 0. The van der Waals surface area contributed by atoms with Crippen molar-refractivity contribution in [3.8, 4) is 0 Å². The van der Waals surface area contributed by atoms with Crippen molar-refractivity contribution in [3.05, 3.63) is 0 Å². The lowest BCUT2D eigenvalue weighted by molar-refractivity contribution is 0.267. The van der Waals surface area contributed by atoms with Gasteiger partial charge in [-0.2, -0.15) is 0 Å². The van der Waals surface area contributed by atoms with Crippen molar-refractivity contribution in [3.63, 3.8) is 0 Å². The normalized spacial score (nSPS) is 29.1. The monoisotopic (exact) mass is 197 g/mol. The fourth-order valence-electron chi connectivity index (χ4n) is 2.27. The number of nitrogens with one attached hydrogen (secondary N) is 1. The van der Waals surface area contributed by atoms with Crippen molar-refractivity contribution in [2.75, 3.05) is 6.54 Å². The lowest BCUT2D eigenvalue weighted by Gasteiger charge is -2.28. The van der Waals surface area contributed by atoms with Gasteiger partial charge in [-0.15, -0.1) is 0 Å². The van der Waals surface area contributed by atoms with Crippen molar-refractivity contribution >= 4 is 0 Å². The second-order valence-electron chi connectivity index (χ2n) is 6.09. The Morgan fingerprint density at radius 3 is 2.14 bits per heavy atom. The Morgan fingerprint density at radius 1 is 1.07 bits per heavy atom. The maximum Gasteiger partial charge on any atom is 0.00965 e. The fourth-order valence-corrected chi connectivity index (χ4v) is 2.27. The first kappa shape index (κ1) is 12.0. The number of hydrogen-bond acceptors (Lipinski definition) is 1. The summed E-state index contributed by atoms with van der Waals surface area (Å²) in [4.78, 5) is 0. The number of hydrogen-bond donors (Lipinski definition) is 1. The standard InChI is InChI=1S/C13H27N/c1-11-5-7-12(8-6-11)9-10-14-13(2,3)4/h11-12,14H,5-10H2,1-4H3. The minimum atomic E-state index is 0.294. The zero-order valence-electron chi connectivity index (χ0n) is 10.4. The molecule has 1 aliphatic carbocycles. The van der Waals surface area contributed by atoms with E-state index in [2.05, 4.69) is 33.0 Å². The van der Waals surface area contributed by atoms with Gasteiger partial charge in [-0.25, -0.2) is 0 Å². The Balaban J connectivity index is 2.08. The second-order valence-corrected chi connectivity index (χ2v) is 6.09. The van der Waals surface area contributed by atoms with Gasteiger partial charge >= 0.3 is 0 Å². The molecule has 84 valence electrons. The summed E-state index contributed by atoms with van der Waals surface area (Å²) in [5.41, 5.74) is 0.294. The molecule has 14 heavy (non-hydrogen) atoms. The predicted molar refractivity (Wildman–Crippen MR) is 63.5 cm³/mol. The minimum Gasteiger partial charge on any atom is -0.312 e. The van der Waals surface area contributed by atoms with Crippen molar-refractivity contribution in [1.82, 2.24) is 5.32 Å². The highest BCUT2D eigenvalue weighted by Crippen LogP contribution is 2.29. The number of rotatable bonds is 3. The van der Waals surface area contributed by atoms with Gasteiger partial charge in [0.15, 0.2) is 0 Å². The van der Waals surface area contributed by atoms with Gasteiger partial charge in [0.1, 0.15) is 0 Å². The van der Waals surface area contributed by atoms with E-state index in [1.165, 1.54) is 38.6 Å². The van der Waals surface area contributed by atoms with Crippen LogP contribution in [0, 0.1) is 11.8 Å². The Morgan fingerprint density at radius 2 is 1.64 bits per heavy atom. The van der Waals surface area contributed by atoms with E-state index in [0.29, 0.717) is 5.54 Å². The molecule has 0 aromatic carbocycles. The lowest BCUT2D eigenvalue weighted by atomic mass is 9.81. The molecule has 0 atom stereocenters. The average Bonchev–Trinajstić information content (AvgIpc) is 2.06. The van der Waals surface area contributed by atoms with Crippen molar-refractivity contribution < 1.29 is 0 Å². The van der Waals surface area contributed by atoms with Crippen molar-refractivity contribution in [2.24, 2.45) is 11.8 Å². The van der Waals surface area contributed by atoms with Crippen molar-refractivity contribution in [1.29, 1.82) is 0 Å². The van der Waals surface area contributed by atoms with Crippen LogP contribution in [-0.4, -0.2) is 12.1 Å². The molecule has 0 aliphatic heterocycles. The van der Waals surface area contributed by atoms with E-state index in [0.717, 1.165) is 11.8 Å². The zero-order chi connectivity index (χ0) is 10.6. The summed E-state index contributed by atoms with van der Waals surface area (Å²) in [6.45, 7) is 10.3. The molecule has 1 aliphatic rings. The van der Waals surface area contributed by atoms with Gasteiger partial charge in [0.05, 0.1) is 0 Å². The topological polar surface area (TPSA) is 12.0 Å². The molecule has 0 aromatic heterocycles. The average molecular weight is 197 g/mol. The molecular formula is C13H27N. The van der Waals surface area contributed by atoms with Crippen LogP contribution in [-0.2, 0) is 0 Å². The maximum absolute atomic E-state index is 3.58. The Bertz CT molecular complexity index is 149. The molecule has 1 nitrogen and oxygen atoms in total. The molecule has 0 aromatic rings. The molecule has 0 unspecified atom stereocenters. The first-order valence-corrected chi connectivity index (χ1v) is 6.22. The minimum absolute atomic E-state index is 0.294. The van der Waals surface area contributed by atoms with Gasteiger partial charge in [-0.1, -0.05) is 32.6 Å². The first-order chi connectivity index (χ1) is 6.47. The predicted octanol–water partition coefficient (Wildman–Crippen LogP) is 3.59. The van der Waals surface area contributed by atoms with Gasteiger partial charge in [-0.05, 0) is 45.6 Å². The van der Waals surface area contributed by atoms with Crippen LogP contribution >= 0.6 is 0 Å². The van der Waals surface area contributed by atoms with Crippen molar-refractivity contribution in [2.45, 2.75) is 65.3 Å². The van der Waals surface area contributed by atoms with Crippen LogP contribution in [0.1, 0.15) is 59.8 Å². The molecule has 1 fully saturated rings. The molecule has 1 saturated carbocycles. The Labute approximate surface area is 89.7 Å². The SMILES string of the molecule is CC1CCC(CCNC(C)(C)C)CC1. The van der Waals surface area contributed by atoms with Crippen LogP contribution in [0.15, 0.2) is 0 Å². The Hall–Kier alpha value is -0.0400. The molecule has 0 heterocycles. The lowest BCUT2D eigenvalue weighted by Crippen LogP contribution is -2.37. The third kappa shape index (κ3) is 4.99. The van der Waals surface area contributed by atoms with Crippen LogP contribution in [0.4, 0.5) is 0 Å². The van der Waals surface area contributed by atoms with Crippen LogP contribution in [0.2, 0.25) is 0 Å². The molecule has 0 amide bonds. The highest BCUT2D eigenvalue weighted by molar-refractivity contribution is 4.74. The molecule has 1 rings (SSSR count). The molecule has 1 N–H and O–H groups in total. The fraction of sp³-hybridized carbons (Fsp3) is 1.00. The zero-order valence-corrected chi connectivity index (χ0v) is 10.4. The summed E-state index contributed by atoms with van der Waals surface area (Å²) in [7, 11) is 0. The highest BCUT2D eigenvalue weighted by Gasteiger charge is 2.18. The molecule has 1 heteroatoms. The van der Waals surface area contributed by atoms with E-state index >= 15 is 0 Å². The third-order valence-electron chi connectivity index (χ3n) is 3.34. The highest BCUT2D eigenvalue weighted by atomic mass is 14.9. The largest absolute Gasteiger partial charge is 0.312 e. The maximum atomic E-state index is 3.58. The molecule has 0 spiro atoms. The summed E-state index contributed by atoms with van der Waals surface area (Å²) in [6.07, 6.45) is 7.23. The first-order valence-electron chi connectivity index (χ1n) is 6.22. The van der Waals surface area contributed by atoms with E-state index in [-0.39, 0.29) is 0 Å². The van der Waals surface area contributed by atoms with Gasteiger partial charge in [0, 0.05) is 5.54 Å². The molecular weight excluding hydrogens is 170 g/mol. The van der Waals surface area contributed by atoms with E-state index in [1.807, 2.05) is 0 Å². The molecule has 0 saturated heterocycles. The van der Waals surface area contributed by atoms with E-state index in [4.69, 9.17) is 0 Å². The molecule has 0 bridgehead atoms. The summed E-state index contributed by atoms with van der Waals surface area (Å²) < 4.78 is 0. The quantitative estimate of drug-likeness (QED) is 0.729. The summed E-state index contributed by atoms with van der Waals surface area (Å²) in [6, 6.07) is 0. The van der Waals surface area contributed by atoms with E-state index in [1.54, 1.807) is 0 Å². The summed E-state index contributed by atoms with van der Waals surface area (Å²) in [5, 5.41) is 3.58. The van der Waals surface area contributed by atoms with Gasteiger partial charge in [-0.3, -0.25) is 0 Å². The second kappa shape index (κ2) is 5.16. The summed E-state index contributed by atoms with van der Waals surface area (Å²) in [5.74, 6) is 1.99. The smallest absolute Gasteiger partial charge is 0.00965 e. The van der Waals surface area contributed by atoms with E-state index < -0.39 is 0 Å². The van der Waals surface area contributed by atoms with Crippen LogP contribution in [0.25, 0.3) is 0 Å². The van der Waals surface area contributed by atoms with Crippen LogP contribution < -0.4 is 5.32 Å². The van der Waals surface area contributed by atoms with Crippen LogP contribution in [0.3, 0.4) is 0 Å². The van der Waals surface area contributed by atoms with Gasteiger partial charge in [0.25, 0.3) is 0 Å². The molecule has 0 radical (unpaired) electrons.